The lowest BCUT2D eigenvalue weighted by Gasteiger charge is -2.16. The third-order valence-electron chi connectivity index (χ3n) is 1.71. The van der Waals surface area contributed by atoms with E-state index in [-0.39, 0.29) is 6.54 Å². The van der Waals surface area contributed by atoms with Crippen molar-refractivity contribution in [1.82, 2.24) is 0 Å². The molecule has 0 aliphatic heterocycles. The summed E-state index contributed by atoms with van der Waals surface area (Å²) in [5.74, 6) is -0.848. The molecule has 0 fully saturated rings. The number of hydrogen-bond donors (Lipinski definition) is 2. The molecule has 0 saturated heterocycles. The van der Waals surface area contributed by atoms with Crippen molar-refractivity contribution in [3.63, 3.8) is 0 Å². The SMILES string of the molecule is CN(CC(=O)O)c1ccc(N)cc1. The number of carboxylic acid groups (broad SMARTS) is 1. The van der Waals surface area contributed by atoms with Gasteiger partial charge in [0, 0.05) is 18.4 Å². The zero-order valence-electron chi connectivity index (χ0n) is 7.40. The average molecular weight is 180 g/mol. The summed E-state index contributed by atoms with van der Waals surface area (Å²) in [5, 5.41) is 8.53. The van der Waals surface area contributed by atoms with Crippen molar-refractivity contribution >= 4 is 17.3 Å². The molecule has 0 radical (unpaired) electrons. The zero-order valence-corrected chi connectivity index (χ0v) is 7.40. The van der Waals surface area contributed by atoms with E-state index in [1.165, 1.54) is 0 Å². The molecular weight excluding hydrogens is 168 g/mol. The molecule has 0 saturated carbocycles. The first-order chi connectivity index (χ1) is 6.09. The van der Waals surface area contributed by atoms with Crippen LogP contribution < -0.4 is 10.6 Å². The lowest BCUT2D eigenvalue weighted by Crippen LogP contribution is -2.24. The highest BCUT2D eigenvalue weighted by molar-refractivity contribution is 5.73. The number of anilines is 2. The maximum Gasteiger partial charge on any atom is 0.323 e. The second-order valence-corrected chi connectivity index (χ2v) is 2.84. The number of hydrogen-bond acceptors (Lipinski definition) is 3. The van der Waals surface area contributed by atoms with Crippen molar-refractivity contribution in [3.8, 4) is 0 Å². The summed E-state index contributed by atoms with van der Waals surface area (Å²) in [6, 6.07) is 7.07. The van der Waals surface area contributed by atoms with Crippen LogP contribution >= 0.6 is 0 Å². The normalized spacial score (nSPS) is 9.62. The summed E-state index contributed by atoms with van der Waals surface area (Å²) >= 11 is 0. The van der Waals surface area contributed by atoms with Crippen molar-refractivity contribution in [3.05, 3.63) is 24.3 Å². The summed E-state index contributed by atoms with van der Waals surface area (Å²) in [5.41, 5.74) is 7.01. The second kappa shape index (κ2) is 3.80. The Hall–Kier alpha value is -1.71. The fourth-order valence-corrected chi connectivity index (χ4v) is 1.02. The molecule has 0 heterocycles. The van der Waals surface area contributed by atoms with Crippen LogP contribution in [0.2, 0.25) is 0 Å². The Morgan fingerprint density at radius 1 is 1.46 bits per heavy atom. The van der Waals surface area contributed by atoms with E-state index in [0.29, 0.717) is 5.69 Å². The predicted octanol–water partition coefficient (Wildman–Crippen LogP) is 0.790. The molecule has 1 rings (SSSR count). The van der Waals surface area contributed by atoms with Crippen LogP contribution in [0.4, 0.5) is 11.4 Å². The van der Waals surface area contributed by atoms with Gasteiger partial charge in [0.25, 0.3) is 0 Å². The molecule has 0 bridgehead atoms. The number of carboxylic acids is 1. The molecule has 13 heavy (non-hydrogen) atoms. The van der Waals surface area contributed by atoms with Crippen molar-refractivity contribution in [2.45, 2.75) is 0 Å². The summed E-state index contributed by atoms with van der Waals surface area (Å²) in [7, 11) is 1.72. The number of benzene rings is 1. The molecule has 4 heteroatoms. The van der Waals surface area contributed by atoms with Crippen LogP contribution in [-0.4, -0.2) is 24.7 Å². The second-order valence-electron chi connectivity index (χ2n) is 2.84. The van der Waals surface area contributed by atoms with E-state index in [4.69, 9.17) is 10.8 Å². The van der Waals surface area contributed by atoms with E-state index in [9.17, 15) is 4.79 Å². The first-order valence-electron chi connectivity index (χ1n) is 3.88. The Bertz CT molecular complexity index is 295. The highest BCUT2D eigenvalue weighted by Gasteiger charge is 2.04. The fourth-order valence-electron chi connectivity index (χ4n) is 1.02. The van der Waals surface area contributed by atoms with Crippen molar-refractivity contribution in [2.75, 3.05) is 24.2 Å². The molecule has 70 valence electrons. The molecule has 0 unspecified atom stereocenters. The topological polar surface area (TPSA) is 66.6 Å². The lowest BCUT2D eigenvalue weighted by molar-refractivity contribution is -0.135. The van der Waals surface area contributed by atoms with Crippen LogP contribution in [0.5, 0.6) is 0 Å². The molecule has 1 aromatic rings. The van der Waals surface area contributed by atoms with Gasteiger partial charge in [-0.25, -0.2) is 0 Å². The van der Waals surface area contributed by atoms with Gasteiger partial charge in [-0.2, -0.15) is 0 Å². The molecule has 4 nitrogen and oxygen atoms in total. The minimum atomic E-state index is -0.848. The van der Waals surface area contributed by atoms with Gasteiger partial charge in [-0.3, -0.25) is 4.79 Å². The summed E-state index contributed by atoms with van der Waals surface area (Å²) in [6.45, 7) is -0.0100. The van der Waals surface area contributed by atoms with Crippen LogP contribution in [0, 0.1) is 0 Å². The smallest absolute Gasteiger partial charge is 0.323 e. The van der Waals surface area contributed by atoms with Crippen molar-refractivity contribution in [1.29, 1.82) is 0 Å². The van der Waals surface area contributed by atoms with Gasteiger partial charge in [-0.15, -0.1) is 0 Å². The van der Waals surface area contributed by atoms with Crippen molar-refractivity contribution in [2.24, 2.45) is 0 Å². The molecule has 0 spiro atoms. The van der Waals surface area contributed by atoms with Gasteiger partial charge < -0.3 is 15.7 Å². The summed E-state index contributed by atoms with van der Waals surface area (Å²) in [4.78, 5) is 12.0. The number of nitrogen functional groups attached to an aromatic ring is 1. The van der Waals surface area contributed by atoms with Crippen LogP contribution in [0.1, 0.15) is 0 Å². The summed E-state index contributed by atoms with van der Waals surface area (Å²) < 4.78 is 0. The number of nitrogens with zero attached hydrogens (tertiary/aromatic N) is 1. The van der Waals surface area contributed by atoms with Gasteiger partial charge in [0.1, 0.15) is 6.54 Å². The number of carbonyl (C=O) groups is 1. The molecule has 0 amide bonds. The van der Waals surface area contributed by atoms with Crippen LogP contribution in [0.15, 0.2) is 24.3 Å². The third-order valence-corrected chi connectivity index (χ3v) is 1.71. The molecule has 1 aromatic carbocycles. The third kappa shape index (κ3) is 2.66. The first-order valence-corrected chi connectivity index (χ1v) is 3.88. The van der Waals surface area contributed by atoms with E-state index in [2.05, 4.69) is 0 Å². The van der Waals surface area contributed by atoms with Crippen LogP contribution in [-0.2, 0) is 4.79 Å². The number of rotatable bonds is 3. The van der Waals surface area contributed by atoms with Gasteiger partial charge in [-0.05, 0) is 24.3 Å². The monoisotopic (exact) mass is 180 g/mol. The quantitative estimate of drug-likeness (QED) is 0.675. The van der Waals surface area contributed by atoms with E-state index >= 15 is 0 Å². The minimum Gasteiger partial charge on any atom is -0.480 e. The Kier molecular flexibility index (Phi) is 2.74. The van der Waals surface area contributed by atoms with Crippen LogP contribution in [0.25, 0.3) is 0 Å². The Morgan fingerprint density at radius 2 is 2.00 bits per heavy atom. The number of aliphatic carboxylic acids is 1. The van der Waals surface area contributed by atoms with Gasteiger partial charge in [0.05, 0.1) is 0 Å². The fraction of sp³-hybridized carbons (Fsp3) is 0.222. The molecule has 0 aliphatic rings. The highest BCUT2D eigenvalue weighted by Crippen LogP contribution is 2.13. The zero-order chi connectivity index (χ0) is 9.84. The van der Waals surface area contributed by atoms with E-state index < -0.39 is 5.97 Å². The van der Waals surface area contributed by atoms with E-state index in [1.54, 1.807) is 36.2 Å². The largest absolute Gasteiger partial charge is 0.480 e. The standard InChI is InChI=1S/C9H12N2O2/c1-11(6-9(12)13)8-4-2-7(10)3-5-8/h2-5H,6,10H2,1H3,(H,12,13). The Labute approximate surface area is 76.6 Å². The molecule has 0 aliphatic carbocycles. The Morgan fingerprint density at radius 3 is 2.46 bits per heavy atom. The predicted molar refractivity (Wildman–Crippen MR) is 51.8 cm³/mol. The van der Waals surface area contributed by atoms with E-state index in [0.717, 1.165) is 5.69 Å². The first kappa shape index (κ1) is 9.38. The van der Waals surface area contributed by atoms with Gasteiger partial charge in [0.15, 0.2) is 0 Å². The average Bonchev–Trinajstić information content (AvgIpc) is 2.04. The molecule has 0 aromatic heterocycles. The molecular formula is C9H12N2O2. The van der Waals surface area contributed by atoms with Crippen LogP contribution in [0.3, 0.4) is 0 Å². The lowest BCUT2D eigenvalue weighted by atomic mass is 10.2. The minimum absolute atomic E-state index is 0.0100. The van der Waals surface area contributed by atoms with Crippen molar-refractivity contribution < 1.29 is 9.90 Å². The number of likely N-dealkylation sites (N-methyl/N-ethyl adjacent to an activating group) is 1. The van der Waals surface area contributed by atoms with Gasteiger partial charge >= 0.3 is 5.97 Å². The highest BCUT2D eigenvalue weighted by atomic mass is 16.4. The Balaban J connectivity index is 2.71. The molecule has 0 atom stereocenters. The molecule has 3 N–H and O–H groups in total. The van der Waals surface area contributed by atoms with Gasteiger partial charge in [-0.1, -0.05) is 0 Å². The number of nitrogens with two attached hydrogens (primary N) is 1. The van der Waals surface area contributed by atoms with Gasteiger partial charge in [0.2, 0.25) is 0 Å². The van der Waals surface area contributed by atoms with E-state index in [1.807, 2.05) is 0 Å². The summed E-state index contributed by atoms with van der Waals surface area (Å²) in [6.07, 6.45) is 0. The maximum absolute atomic E-state index is 10.4. The maximum atomic E-state index is 10.4.